The Balaban J connectivity index is 1.29. The predicted molar refractivity (Wildman–Crippen MR) is 246 cm³/mol. The number of nitriles is 1. The second-order valence-corrected chi connectivity index (χ2v) is 15.8. The second-order valence-electron chi connectivity index (χ2n) is 15.8. The van der Waals surface area contributed by atoms with Crippen LogP contribution in [0, 0.1) is 35.0 Å². The van der Waals surface area contributed by atoms with Crippen molar-refractivity contribution in [2.75, 3.05) is 13.2 Å². The maximum atomic E-state index is 9.22. The summed E-state index contributed by atoms with van der Waals surface area (Å²) >= 11 is 0. The first kappa shape index (κ1) is 43.9. The van der Waals surface area contributed by atoms with E-state index in [1.165, 1.54) is 116 Å². The highest BCUT2D eigenvalue weighted by molar-refractivity contribution is 6.09. The van der Waals surface area contributed by atoms with E-state index in [2.05, 4.69) is 104 Å². The number of ether oxygens (including phenoxy) is 2. The van der Waals surface area contributed by atoms with E-state index < -0.39 is 0 Å². The number of fused-ring (bicyclic) bond motifs is 2. The van der Waals surface area contributed by atoms with Crippen molar-refractivity contribution < 1.29 is 9.47 Å². The molecule has 302 valence electrons. The zero-order chi connectivity index (χ0) is 40.5. The van der Waals surface area contributed by atoms with Crippen molar-refractivity contribution in [2.45, 2.75) is 142 Å². The van der Waals surface area contributed by atoms with Gasteiger partial charge in [-0.1, -0.05) is 202 Å². The maximum absolute atomic E-state index is 9.22. The van der Waals surface area contributed by atoms with Crippen LogP contribution in [0.1, 0.15) is 170 Å². The van der Waals surface area contributed by atoms with Gasteiger partial charge < -0.3 is 9.47 Å². The van der Waals surface area contributed by atoms with Gasteiger partial charge in [0.25, 0.3) is 0 Å². The van der Waals surface area contributed by atoms with Gasteiger partial charge in [-0.3, -0.25) is 0 Å². The largest absolute Gasteiger partial charge is 0.490 e. The van der Waals surface area contributed by atoms with Gasteiger partial charge in [0.2, 0.25) is 0 Å². The highest BCUT2D eigenvalue weighted by atomic mass is 16.5. The Kier molecular flexibility index (Phi) is 19.7. The van der Waals surface area contributed by atoms with Crippen LogP contribution < -0.4 is 9.47 Å². The zero-order valence-electron chi connectivity index (χ0n) is 35.5. The van der Waals surface area contributed by atoms with Crippen LogP contribution in [-0.2, 0) is 0 Å². The molecule has 0 fully saturated rings. The zero-order valence-corrected chi connectivity index (χ0v) is 35.5. The van der Waals surface area contributed by atoms with Crippen LogP contribution >= 0.6 is 0 Å². The summed E-state index contributed by atoms with van der Waals surface area (Å²) in [6.07, 6.45) is 26.0. The van der Waals surface area contributed by atoms with Gasteiger partial charge >= 0.3 is 0 Å². The molecule has 3 nitrogen and oxygen atoms in total. The first-order valence-electron chi connectivity index (χ1n) is 22.6. The number of unbranched alkanes of at least 4 members (excludes halogenated alkanes) is 18. The van der Waals surface area contributed by atoms with E-state index in [0.717, 1.165) is 68.1 Å². The summed E-state index contributed by atoms with van der Waals surface area (Å²) in [6.45, 7) is 5.95. The van der Waals surface area contributed by atoms with E-state index in [4.69, 9.17) is 9.47 Å². The molecule has 5 aromatic carbocycles. The molecule has 0 unspecified atom stereocenters. The normalized spacial score (nSPS) is 10.8. The van der Waals surface area contributed by atoms with Crippen molar-refractivity contribution in [1.29, 1.82) is 5.26 Å². The van der Waals surface area contributed by atoms with Crippen molar-refractivity contribution >= 4 is 21.5 Å². The fourth-order valence-electron chi connectivity index (χ4n) is 7.66. The van der Waals surface area contributed by atoms with Crippen molar-refractivity contribution in [3.63, 3.8) is 0 Å². The minimum absolute atomic E-state index is 0.628. The Morgan fingerprint density at radius 1 is 0.379 bits per heavy atom. The molecule has 0 aliphatic heterocycles. The molecule has 58 heavy (non-hydrogen) atoms. The van der Waals surface area contributed by atoms with Gasteiger partial charge in [-0.15, -0.1) is 0 Å². The Morgan fingerprint density at radius 2 is 0.741 bits per heavy atom. The van der Waals surface area contributed by atoms with Gasteiger partial charge in [-0.05, 0) is 76.9 Å². The van der Waals surface area contributed by atoms with Gasteiger partial charge in [0.15, 0.2) is 11.5 Å². The highest BCUT2D eigenvalue weighted by Gasteiger charge is 2.12. The molecule has 0 amide bonds. The molecule has 0 radical (unpaired) electrons. The van der Waals surface area contributed by atoms with E-state index in [9.17, 15) is 5.26 Å². The second kappa shape index (κ2) is 26.0. The molecule has 5 aromatic rings. The summed E-state index contributed by atoms with van der Waals surface area (Å²) < 4.78 is 12.8. The Bertz CT molecular complexity index is 2090. The average molecular weight is 772 g/mol. The molecule has 0 spiro atoms. The maximum Gasteiger partial charge on any atom is 0.162 e. The average Bonchev–Trinajstić information content (AvgIpc) is 3.26. The molecule has 0 aromatic heterocycles. The van der Waals surface area contributed by atoms with Crippen LogP contribution in [0.15, 0.2) is 91.0 Å². The lowest BCUT2D eigenvalue weighted by atomic mass is 9.92. The Morgan fingerprint density at radius 3 is 1.17 bits per heavy atom. The van der Waals surface area contributed by atoms with E-state index in [0.29, 0.717) is 18.8 Å². The number of benzene rings is 5. The quantitative estimate of drug-likeness (QED) is 0.0356. The van der Waals surface area contributed by atoms with Crippen molar-refractivity contribution in [3.05, 3.63) is 119 Å². The molecule has 0 N–H and O–H groups in total. The topological polar surface area (TPSA) is 42.2 Å². The summed E-state index contributed by atoms with van der Waals surface area (Å²) in [6, 6.07) is 32.6. The van der Waals surface area contributed by atoms with Crippen LogP contribution in [0.25, 0.3) is 21.5 Å². The SMILES string of the molecule is CCCCCCCCCCCCOc1ccc(C#Cc2c3ccccc3c(C#Cc3ccc(C#N)cc3)c3ccccc23)cc1OCCCCCCCCCCCC. The molecule has 0 saturated carbocycles. The molecule has 3 heteroatoms. The fourth-order valence-corrected chi connectivity index (χ4v) is 7.66. The van der Waals surface area contributed by atoms with Crippen LogP contribution in [0.5, 0.6) is 11.5 Å². The van der Waals surface area contributed by atoms with Crippen molar-refractivity contribution in [3.8, 4) is 41.2 Å². The molecule has 0 saturated heterocycles. The van der Waals surface area contributed by atoms with Gasteiger partial charge in [-0.2, -0.15) is 5.26 Å². The molecule has 0 heterocycles. The first-order chi connectivity index (χ1) is 28.7. The summed E-state index contributed by atoms with van der Waals surface area (Å²) in [7, 11) is 0. The fraction of sp³-hybridized carbons (Fsp3) is 0.436. The van der Waals surface area contributed by atoms with Gasteiger partial charge in [0.05, 0.1) is 24.8 Å². The number of nitrogens with zero attached hydrogens (tertiary/aromatic N) is 1. The predicted octanol–water partition coefficient (Wildman–Crippen LogP) is 15.3. The van der Waals surface area contributed by atoms with Gasteiger partial charge in [0.1, 0.15) is 0 Å². The number of hydrogen-bond acceptors (Lipinski definition) is 3. The van der Waals surface area contributed by atoms with Gasteiger partial charge in [0, 0.05) is 22.3 Å². The lowest BCUT2D eigenvalue weighted by Crippen LogP contribution is -2.03. The van der Waals surface area contributed by atoms with Crippen molar-refractivity contribution in [1.82, 2.24) is 0 Å². The van der Waals surface area contributed by atoms with E-state index in [1.807, 2.05) is 30.3 Å². The van der Waals surface area contributed by atoms with Crippen LogP contribution in [-0.4, -0.2) is 13.2 Å². The standard InChI is InChI=1S/C55H65NO2/c1-3-5-7-9-11-13-15-17-19-25-41-57-54-40-37-46(43-55(54)58-42-26-20-18-16-14-12-10-8-6-4-2)36-39-53-50-29-23-21-27-48(50)52(49-28-22-24-30-51(49)53)38-35-45-31-33-47(44-56)34-32-45/h21-24,27-34,37,40,43H,3-20,25-26,41-42H2,1-2H3. The molecule has 0 bridgehead atoms. The third kappa shape index (κ3) is 14.3. The molecule has 0 aliphatic rings. The summed E-state index contributed by atoms with van der Waals surface area (Å²) in [5.41, 5.74) is 4.38. The third-order valence-electron chi connectivity index (χ3n) is 11.1. The minimum Gasteiger partial charge on any atom is -0.490 e. The Hall–Kier alpha value is -5.17. The highest BCUT2D eigenvalue weighted by Crippen LogP contribution is 2.33. The Labute approximate surface area is 350 Å². The number of rotatable bonds is 24. The van der Waals surface area contributed by atoms with E-state index in [1.54, 1.807) is 0 Å². The van der Waals surface area contributed by atoms with Gasteiger partial charge in [-0.25, -0.2) is 0 Å². The molecule has 5 rings (SSSR count). The van der Waals surface area contributed by atoms with E-state index >= 15 is 0 Å². The smallest absolute Gasteiger partial charge is 0.162 e. The van der Waals surface area contributed by atoms with Crippen LogP contribution in [0.4, 0.5) is 0 Å². The number of hydrogen-bond donors (Lipinski definition) is 0. The minimum atomic E-state index is 0.628. The summed E-state index contributed by atoms with van der Waals surface area (Å²) in [5, 5.41) is 13.5. The molecule has 0 aliphatic carbocycles. The summed E-state index contributed by atoms with van der Waals surface area (Å²) in [5.74, 6) is 15.5. The molecular formula is C55H65NO2. The first-order valence-corrected chi connectivity index (χ1v) is 22.6. The van der Waals surface area contributed by atoms with Crippen LogP contribution in [0.2, 0.25) is 0 Å². The molecular weight excluding hydrogens is 707 g/mol. The lowest BCUT2D eigenvalue weighted by Gasteiger charge is -2.14. The van der Waals surface area contributed by atoms with Crippen molar-refractivity contribution in [2.24, 2.45) is 0 Å². The lowest BCUT2D eigenvalue weighted by molar-refractivity contribution is 0.258. The molecule has 0 atom stereocenters. The van der Waals surface area contributed by atoms with E-state index in [-0.39, 0.29) is 0 Å². The third-order valence-corrected chi connectivity index (χ3v) is 11.1. The monoisotopic (exact) mass is 772 g/mol. The summed E-state index contributed by atoms with van der Waals surface area (Å²) in [4.78, 5) is 0. The van der Waals surface area contributed by atoms with Crippen LogP contribution in [0.3, 0.4) is 0 Å².